The molecule has 2 nitrogen and oxygen atoms in total. The number of rotatable bonds is 2. The number of Topliss-reactive ketones (excluding diaryl/α,β-unsaturated/α-hetero) is 1. The fourth-order valence-corrected chi connectivity index (χ4v) is 1.25. The summed E-state index contributed by atoms with van der Waals surface area (Å²) in [5.41, 5.74) is 0.167. The van der Waals surface area contributed by atoms with Crippen molar-refractivity contribution in [3.05, 3.63) is 28.5 Å². The molecule has 4 heteroatoms. The maximum absolute atomic E-state index is 13.2. The van der Waals surface area contributed by atoms with Crippen LogP contribution in [0.15, 0.2) is 12.1 Å². The van der Waals surface area contributed by atoms with Gasteiger partial charge in [0.15, 0.2) is 17.3 Å². The first-order valence-corrected chi connectivity index (χ1v) is 3.98. The summed E-state index contributed by atoms with van der Waals surface area (Å²) in [5.74, 6) is -0.932. The molecule has 13 heavy (non-hydrogen) atoms. The summed E-state index contributed by atoms with van der Waals surface area (Å²) < 4.78 is 17.9. The molecule has 0 radical (unpaired) electrons. The van der Waals surface area contributed by atoms with Gasteiger partial charge in [-0.3, -0.25) is 4.79 Å². The highest BCUT2D eigenvalue weighted by atomic mass is 35.5. The molecular weight excluding hydrogens is 195 g/mol. The second-order valence-electron chi connectivity index (χ2n) is 2.50. The van der Waals surface area contributed by atoms with Crippen LogP contribution >= 0.6 is 11.6 Å². The molecule has 1 rings (SSSR count). The van der Waals surface area contributed by atoms with Crippen LogP contribution in [0.1, 0.15) is 17.3 Å². The Labute approximate surface area is 80.3 Å². The van der Waals surface area contributed by atoms with E-state index in [2.05, 4.69) is 4.74 Å². The van der Waals surface area contributed by atoms with E-state index in [9.17, 15) is 9.18 Å². The summed E-state index contributed by atoms with van der Waals surface area (Å²) in [4.78, 5) is 10.9. The molecule has 0 aromatic heterocycles. The summed E-state index contributed by atoms with van der Waals surface area (Å²) in [6.45, 7) is 1.33. The number of ether oxygens (including phenoxy) is 1. The van der Waals surface area contributed by atoms with Crippen LogP contribution in [-0.4, -0.2) is 12.9 Å². The molecule has 0 aliphatic rings. The van der Waals surface area contributed by atoms with Crippen molar-refractivity contribution in [1.82, 2.24) is 0 Å². The van der Waals surface area contributed by atoms with Crippen molar-refractivity contribution in [1.29, 1.82) is 0 Å². The number of methoxy groups -OCH3 is 1. The van der Waals surface area contributed by atoms with Crippen molar-refractivity contribution in [2.75, 3.05) is 7.11 Å². The minimum atomic E-state index is -0.697. The number of benzene rings is 1. The van der Waals surface area contributed by atoms with E-state index in [0.29, 0.717) is 0 Å². The van der Waals surface area contributed by atoms with E-state index >= 15 is 0 Å². The van der Waals surface area contributed by atoms with Gasteiger partial charge < -0.3 is 4.74 Å². The van der Waals surface area contributed by atoms with Gasteiger partial charge in [-0.2, -0.15) is 0 Å². The molecule has 0 unspecified atom stereocenters. The predicted octanol–water partition coefficient (Wildman–Crippen LogP) is 2.69. The topological polar surface area (TPSA) is 26.3 Å². The Morgan fingerprint density at radius 3 is 2.62 bits per heavy atom. The van der Waals surface area contributed by atoms with Crippen LogP contribution in [0.5, 0.6) is 5.75 Å². The van der Waals surface area contributed by atoms with Gasteiger partial charge in [0.2, 0.25) is 0 Å². The second-order valence-corrected chi connectivity index (χ2v) is 2.88. The molecule has 0 amide bonds. The SMILES string of the molecule is COc1ccc(C(C)=O)c(Cl)c1F. The van der Waals surface area contributed by atoms with E-state index in [4.69, 9.17) is 11.6 Å². The Hall–Kier alpha value is -1.09. The number of ketones is 1. The van der Waals surface area contributed by atoms with E-state index in [-0.39, 0.29) is 22.1 Å². The molecule has 0 fully saturated rings. The Morgan fingerprint density at radius 1 is 1.54 bits per heavy atom. The van der Waals surface area contributed by atoms with Crippen LogP contribution in [0.4, 0.5) is 4.39 Å². The lowest BCUT2D eigenvalue weighted by atomic mass is 10.1. The molecule has 0 aliphatic carbocycles. The monoisotopic (exact) mass is 202 g/mol. The van der Waals surface area contributed by atoms with E-state index < -0.39 is 5.82 Å². The summed E-state index contributed by atoms with van der Waals surface area (Å²) in [6, 6.07) is 2.81. The van der Waals surface area contributed by atoms with Crippen LogP contribution in [0, 0.1) is 5.82 Å². The Morgan fingerprint density at radius 2 is 2.15 bits per heavy atom. The quantitative estimate of drug-likeness (QED) is 0.690. The maximum atomic E-state index is 13.2. The summed E-state index contributed by atoms with van der Waals surface area (Å²) in [5, 5.41) is -0.188. The molecule has 1 aromatic carbocycles. The third-order valence-electron chi connectivity index (χ3n) is 1.65. The number of halogens is 2. The number of carbonyl (C=O) groups excluding carboxylic acids is 1. The molecule has 70 valence electrons. The van der Waals surface area contributed by atoms with E-state index in [1.165, 1.54) is 26.2 Å². The zero-order valence-electron chi connectivity index (χ0n) is 7.23. The molecule has 0 N–H and O–H groups in total. The molecule has 0 saturated heterocycles. The smallest absolute Gasteiger partial charge is 0.184 e. The van der Waals surface area contributed by atoms with Gasteiger partial charge in [-0.25, -0.2) is 4.39 Å². The van der Waals surface area contributed by atoms with Gasteiger partial charge in [-0.1, -0.05) is 11.6 Å². The predicted molar refractivity (Wildman–Crippen MR) is 48.0 cm³/mol. The fourth-order valence-electron chi connectivity index (χ4n) is 0.961. The summed E-state index contributed by atoms with van der Waals surface area (Å²) in [7, 11) is 1.34. The van der Waals surface area contributed by atoms with Crippen molar-refractivity contribution in [2.45, 2.75) is 6.92 Å². The first-order chi connectivity index (χ1) is 6.07. The van der Waals surface area contributed by atoms with Crippen LogP contribution in [0.25, 0.3) is 0 Å². The lowest BCUT2D eigenvalue weighted by molar-refractivity contribution is 0.101. The zero-order chi connectivity index (χ0) is 10.0. The normalized spacial score (nSPS) is 9.85. The van der Waals surface area contributed by atoms with E-state index in [1.54, 1.807) is 0 Å². The Balaban J connectivity index is 3.31. The minimum absolute atomic E-state index is 0.0370. The average molecular weight is 203 g/mol. The molecule has 0 aliphatic heterocycles. The molecule has 0 atom stereocenters. The molecule has 0 spiro atoms. The van der Waals surface area contributed by atoms with Gasteiger partial charge in [-0.05, 0) is 19.1 Å². The summed E-state index contributed by atoms with van der Waals surface area (Å²) in [6.07, 6.45) is 0. The molecule has 0 bridgehead atoms. The van der Waals surface area contributed by atoms with E-state index in [1.807, 2.05) is 0 Å². The van der Waals surface area contributed by atoms with Crippen LogP contribution in [0.2, 0.25) is 5.02 Å². The minimum Gasteiger partial charge on any atom is -0.494 e. The first kappa shape index (κ1) is 9.99. The van der Waals surface area contributed by atoms with Crippen molar-refractivity contribution >= 4 is 17.4 Å². The lowest BCUT2D eigenvalue weighted by Crippen LogP contribution is -1.97. The lowest BCUT2D eigenvalue weighted by Gasteiger charge is -2.05. The van der Waals surface area contributed by atoms with Gasteiger partial charge in [0.05, 0.1) is 12.1 Å². The van der Waals surface area contributed by atoms with Gasteiger partial charge in [0.25, 0.3) is 0 Å². The second kappa shape index (κ2) is 3.75. The van der Waals surface area contributed by atoms with Crippen molar-refractivity contribution in [3.8, 4) is 5.75 Å². The standard InChI is InChI=1S/C9H8ClFO2/c1-5(12)6-3-4-7(13-2)9(11)8(6)10/h3-4H,1-2H3. The van der Waals surface area contributed by atoms with Gasteiger partial charge in [0, 0.05) is 5.56 Å². The summed E-state index contributed by atoms with van der Waals surface area (Å²) >= 11 is 5.60. The average Bonchev–Trinajstić information content (AvgIpc) is 2.09. The van der Waals surface area contributed by atoms with Gasteiger partial charge in [0.1, 0.15) is 0 Å². The highest BCUT2D eigenvalue weighted by Crippen LogP contribution is 2.27. The van der Waals surface area contributed by atoms with Crippen molar-refractivity contribution in [3.63, 3.8) is 0 Å². The maximum Gasteiger partial charge on any atom is 0.184 e. The highest BCUT2D eigenvalue weighted by Gasteiger charge is 2.14. The Kier molecular flexibility index (Phi) is 2.88. The molecule has 1 aromatic rings. The Bertz CT molecular complexity index is 350. The van der Waals surface area contributed by atoms with Crippen molar-refractivity contribution < 1.29 is 13.9 Å². The molecular formula is C9H8ClFO2. The number of hydrogen-bond acceptors (Lipinski definition) is 2. The zero-order valence-corrected chi connectivity index (χ0v) is 7.98. The highest BCUT2D eigenvalue weighted by molar-refractivity contribution is 6.34. The number of carbonyl (C=O) groups is 1. The van der Waals surface area contributed by atoms with Gasteiger partial charge in [-0.15, -0.1) is 0 Å². The third kappa shape index (κ3) is 1.80. The first-order valence-electron chi connectivity index (χ1n) is 3.61. The van der Waals surface area contributed by atoms with E-state index in [0.717, 1.165) is 0 Å². The van der Waals surface area contributed by atoms with Crippen LogP contribution in [0.3, 0.4) is 0 Å². The number of hydrogen-bond donors (Lipinski definition) is 0. The third-order valence-corrected chi connectivity index (χ3v) is 2.02. The van der Waals surface area contributed by atoms with Crippen molar-refractivity contribution in [2.24, 2.45) is 0 Å². The molecule has 0 heterocycles. The largest absolute Gasteiger partial charge is 0.494 e. The van der Waals surface area contributed by atoms with Gasteiger partial charge >= 0.3 is 0 Å². The molecule has 0 saturated carbocycles. The fraction of sp³-hybridized carbons (Fsp3) is 0.222. The van der Waals surface area contributed by atoms with Crippen LogP contribution < -0.4 is 4.74 Å². The van der Waals surface area contributed by atoms with Crippen LogP contribution in [-0.2, 0) is 0 Å².